The zero-order chi connectivity index (χ0) is 13.5. The molecule has 1 rings (SSSR count). The third kappa shape index (κ3) is 4.47. The summed E-state index contributed by atoms with van der Waals surface area (Å²) in [6.07, 6.45) is 0. The lowest BCUT2D eigenvalue weighted by molar-refractivity contribution is -0.118. The standard InChI is InChI=1S/C14H22N2O2/c1-10(2)13(9-17)15-11(3)14(18)16-12-7-5-4-6-8-12/h4-8,10-11,13,15,17H,9H2,1-3H3,(H,16,18). The van der Waals surface area contributed by atoms with Gasteiger partial charge in [0, 0.05) is 11.7 Å². The molecule has 0 saturated heterocycles. The molecule has 0 spiro atoms. The number of carbonyl (C=O) groups excluding carboxylic acids is 1. The van der Waals surface area contributed by atoms with Crippen LogP contribution in [0.5, 0.6) is 0 Å². The van der Waals surface area contributed by atoms with Gasteiger partial charge in [0.05, 0.1) is 12.6 Å². The van der Waals surface area contributed by atoms with Gasteiger partial charge in [-0.15, -0.1) is 0 Å². The number of benzene rings is 1. The molecule has 1 amide bonds. The Kier molecular flexibility index (Phi) is 5.82. The SMILES string of the molecule is CC(NC(CO)C(C)C)C(=O)Nc1ccccc1. The number of para-hydroxylation sites is 1. The second-order valence-corrected chi connectivity index (χ2v) is 4.78. The Morgan fingerprint density at radius 2 is 1.83 bits per heavy atom. The van der Waals surface area contributed by atoms with Crippen molar-refractivity contribution >= 4 is 11.6 Å². The van der Waals surface area contributed by atoms with Gasteiger partial charge in [0.1, 0.15) is 0 Å². The first-order chi connectivity index (χ1) is 8.54. The van der Waals surface area contributed by atoms with Crippen molar-refractivity contribution in [2.24, 2.45) is 5.92 Å². The summed E-state index contributed by atoms with van der Waals surface area (Å²) in [7, 11) is 0. The molecule has 2 unspecified atom stereocenters. The van der Waals surface area contributed by atoms with Gasteiger partial charge in [-0.1, -0.05) is 32.0 Å². The molecular formula is C14H22N2O2. The lowest BCUT2D eigenvalue weighted by atomic mass is 10.0. The van der Waals surface area contributed by atoms with E-state index in [1.165, 1.54) is 0 Å². The third-order valence-corrected chi connectivity index (χ3v) is 2.90. The normalized spacial score (nSPS) is 14.3. The predicted octanol–water partition coefficient (Wildman–Crippen LogP) is 1.62. The van der Waals surface area contributed by atoms with Crippen LogP contribution in [-0.4, -0.2) is 29.7 Å². The zero-order valence-electron chi connectivity index (χ0n) is 11.2. The molecule has 4 heteroatoms. The fourth-order valence-corrected chi connectivity index (χ4v) is 1.62. The molecule has 1 aromatic rings. The van der Waals surface area contributed by atoms with Crippen LogP contribution in [0.25, 0.3) is 0 Å². The summed E-state index contributed by atoms with van der Waals surface area (Å²) in [5, 5.41) is 15.2. The highest BCUT2D eigenvalue weighted by Crippen LogP contribution is 2.07. The minimum absolute atomic E-state index is 0.0284. The monoisotopic (exact) mass is 250 g/mol. The highest BCUT2D eigenvalue weighted by molar-refractivity contribution is 5.94. The number of aliphatic hydroxyl groups excluding tert-OH is 1. The first kappa shape index (κ1) is 14.7. The Balaban J connectivity index is 2.51. The minimum Gasteiger partial charge on any atom is -0.395 e. The molecule has 2 atom stereocenters. The Morgan fingerprint density at radius 3 is 2.33 bits per heavy atom. The van der Waals surface area contributed by atoms with Crippen LogP contribution in [0.3, 0.4) is 0 Å². The Morgan fingerprint density at radius 1 is 1.22 bits per heavy atom. The van der Waals surface area contributed by atoms with Gasteiger partial charge in [-0.2, -0.15) is 0 Å². The summed E-state index contributed by atoms with van der Waals surface area (Å²) in [4.78, 5) is 11.9. The fourth-order valence-electron chi connectivity index (χ4n) is 1.62. The molecule has 0 aromatic heterocycles. The van der Waals surface area contributed by atoms with Crippen molar-refractivity contribution in [3.05, 3.63) is 30.3 Å². The predicted molar refractivity (Wildman–Crippen MR) is 73.4 cm³/mol. The van der Waals surface area contributed by atoms with Crippen LogP contribution < -0.4 is 10.6 Å². The lowest BCUT2D eigenvalue weighted by Gasteiger charge is -2.24. The number of rotatable bonds is 6. The molecule has 18 heavy (non-hydrogen) atoms. The molecular weight excluding hydrogens is 228 g/mol. The van der Waals surface area contributed by atoms with Crippen molar-refractivity contribution in [2.45, 2.75) is 32.9 Å². The molecule has 0 saturated carbocycles. The van der Waals surface area contributed by atoms with E-state index in [4.69, 9.17) is 0 Å². The van der Waals surface area contributed by atoms with Gasteiger partial charge in [-0.05, 0) is 25.0 Å². The maximum absolute atomic E-state index is 11.9. The smallest absolute Gasteiger partial charge is 0.241 e. The number of hydrogen-bond donors (Lipinski definition) is 3. The van der Waals surface area contributed by atoms with Crippen LogP contribution in [0, 0.1) is 5.92 Å². The van der Waals surface area contributed by atoms with Gasteiger partial charge in [-0.3, -0.25) is 4.79 Å². The third-order valence-electron chi connectivity index (χ3n) is 2.90. The molecule has 0 fully saturated rings. The maximum atomic E-state index is 11.9. The average molecular weight is 250 g/mol. The van der Waals surface area contributed by atoms with Gasteiger partial charge in [0.2, 0.25) is 5.91 Å². The number of hydrogen-bond acceptors (Lipinski definition) is 3. The first-order valence-electron chi connectivity index (χ1n) is 6.27. The van der Waals surface area contributed by atoms with Crippen molar-refractivity contribution in [3.8, 4) is 0 Å². The van der Waals surface area contributed by atoms with Crippen LogP contribution in [0.1, 0.15) is 20.8 Å². The lowest BCUT2D eigenvalue weighted by Crippen LogP contribution is -2.47. The molecule has 0 aliphatic carbocycles. The van der Waals surface area contributed by atoms with Gasteiger partial charge in [0.15, 0.2) is 0 Å². The van der Waals surface area contributed by atoms with E-state index in [1.54, 1.807) is 6.92 Å². The van der Waals surface area contributed by atoms with Crippen LogP contribution >= 0.6 is 0 Å². The molecule has 0 radical (unpaired) electrons. The average Bonchev–Trinajstić information content (AvgIpc) is 2.36. The zero-order valence-corrected chi connectivity index (χ0v) is 11.2. The quantitative estimate of drug-likeness (QED) is 0.719. The Hall–Kier alpha value is -1.39. The topological polar surface area (TPSA) is 61.4 Å². The molecule has 1 aromatic carbocycles. The van der Waals surface area contributed by atoms with Crippen molar-refractivity contribution in [3.63, 3.8) is 0 Å². The summed E-state index contributed by atoms with van der Waals surface area (Å²) in [6.45, 7) is 5.84. The van der Waals surface area contributed by atoms with Gasteiger partial charge in [0.25, 0.3) is 0 Å². The van der Waals surface area contributed by atoms with E-state index in [9.17, 15) is 9.90 Å². The molecule has 0 aliphatic heterocycles. The Labute approximate surface area is 108 Å². The van der Waals surface area contributed by atoms with E-state index < -0.39 is 0 Å². The number of nitrogens with one attached hydrogen (secondary N) is 2. The summed E-state index contributed by atoms with van der Waals surface area (Å²) in [6, 6.07) is 8.92. The number of carbonyl (C=O) groups is 1. The molecule has 0 heterocycles. The highest BCUT2D eigenvalue weighted by Gasteiger charge is 2.19. The maximum Gasteiger partial charge on any atom is 0.241 e. The summed E-state index contributed by atoms with van der Waals surface area (Å²) < 4.78 is 0. The van der Waals surface area contributed by atoms with Crippen LogP contribution in [-0.2, 0) is 4.79 Å². The van der Waals surface area contributed by atoms with Gasteiger partial charge in [-0.25, -0.2) is 0 Å². The number of amides is 1. The second-order valence-electron chi connectivity index (χ2n) is 4.78. The number of aliphatic hydroxyl groups is 1. The largest absolute Gasteiger partial charge is 0.395 e. The summed E-state index contributed by atoms with van der Waals surface area (Å²) in [5.41, 5.74) is 0.779. The molecule has 0 bridgehead atoms. The Bertz CT molecular complexity index is 365. The van der Waals surface area contributed by atoms with Crippen LogP contribution in [0.4, 0.5) is 5.69 Å². The van der Waals surface area contributed by atoms with Crippen molar-refractivity contribution in [1.29, 1.82) is 0 Å². The van der Waals surface area contributed by atoms with Gasteiger partial charge < -0.3 is 15.7 Å². The van der Waals surface area contributed by atoms with E-state index in [2.05, 4.69) is 10.6 Å². The fraction of sp³-hybridized carbons (Fsp3) is 0.500. The van der Waals surface area contributed by atoms with Crippen LogP contribution in [0.2, 0.25) is 0 Å². The summed E-state index contributed by atoms with van der Waals surface area (Å²) in [5.74, 6) is 0.183. The molecule has 3 N–H and O–H groups in total. The van der Waals surface area contributed by atoms with Crippen molar-refractivity contribution in [2.75, 3.05) is 11.9 Å². The molecule has 100 valence electrons. The van der Waals surface area contributed by atoms with E-state index in [0.29, 0.717) is 0 Å². The summed E-state index contributed by atoms with van der Waals surface area (Å²) >= 11 is 0. The van der Waals surface area contributed by atoms with E-state index in [-0.39, 0.29) is 30.5 Å². The van der Waals surface area contributed by atoms with E-state index in [0.717, 1.165) is 5.69 Å². The van der Waals surface area contributed by atoms with Gasteiger partial charge >= 0.3 is 0 Å². The first-order valence-corrected chi connectivity index (χ1v) is 6.27. The van der Waals surface area contributed by atoms with Crippen molar-refractivity contribution < 1.29 is 9.90 Å². The van der Waals surface area contributed by atoms with E-state index in [1.807, 2.05) is 44.2 Å². The second kappa shape index (κ2) is 7.13. The minimum atomic E-state index is -0.343. The molecule has 0 aliphatic rings. The van der Waals surface area contributed by atoms with E-state index >= 15 is 0 Å². The van der Waals surface area contributed by atoms with Crippen LogP contribution in [0.15, 0.2) is 30.3 Å². The molecule has 4 nitrogen and oxygen atoms in total. The highest BCUT2D eigenvalue weighted by atomic mass is 16.3. The number of anilines is 1. The van der Waals surface area contributed by atoms with Crippen molar-refractivity contribution in [1.82, 2.24) is 5.32 Å².